The molecule has 0 fully saturated rings. The molecule has 7 heteroatoms. The Labute approximate surface area is 166 Å². The summed E-state index contributed by atoms with van der Waals surface area (Å²) in [6.45, 7) is 5.07. The molecule has 0 amide bonds. The maximum absolute atomic E-state index is 5.73. The van der Waals surface area contributed by atoms with Gasteiger partial charge in [-0.2, -0.15) is 4.98 Å². The van der Waals surface area contributed by atoms with Gasteiger partial charge in [-0.3, -0.25) is 5.32 Å². The number of ether oxygens (including phenoxy) is 2. The maximum atomic E-state index is 5.73. The zero-order valence-corrected chi connectivity index (χ0v) is 16.9. The van der Waals surface area contributed by atoms with Crippen LogP contribution in [-0.2, 0) is 0 Å². The molecule has 1 heterocycles. The van der Waals surface area contributed by atoms with Crippen molar-refractivity contribution in [3.05, 3.63) is 46.3 Å². The van der Waals surface area contributed by atoms with E-state index in [0.717, 1.165) is 28.2 Å². The summed E-state index contributed by atoms with van der Waals surface area (Å²) in [7, 11) is 0. The minimum Gasteiger partial charge on any atom is -1.00 e. The molecule has 1 aromatic heterocycles. The second-order valence-corrected chi connectivity index (χ2v) is 6.39. The minimum absolute atomic E-state index is 0. The molecule has 0 aliphatic heterocycles. The van der Waals surface area contributed by atoms with Gasteiger partial charge in [-0.1, -0.05) is 6.07 Å². The Morgan fingerprint density at radius 1 is 1.00 bits per heavy atom. The molecule has 0 saturated heterocycles. The van der Waals surface area contributed by atoms with E-state index in [9.17, 15) is 0 Å². The maximum Gasteiger partial charge on any atom is 0.240 e. The summed E-state index contributed by atoms with van der Waals surface area (Å²) in [5.74, 6) is 2.30. The van der Waals surface area contributed by atoms with Crippen molar-refractivity contribution in [2.24, 2.45) is 0 Å². The van der Waals surface area contributed by atoms with E-state index in [2.05, 4.69) is 56.1 Å². The molecular formula is C18H19ClIN3O2. The van der Waals surface area contributed by atoms with E-state index >= 15 is 0 Å². The Balaban J connectivity index is 0.00000225. The molecule has 132 valence electrons. The molecule has 0 atom stereocenters. The van der Waals surface area contributed by atoms with Gasteiger partial charge < -0.3 is 21.9 Å². The topological polar surface area (TPSA) is 60.9 Å². The van der Waals surface area contributed by atoms with Crippen LogP contribution in [-0.4, -0.2) is 23.2 Å². The lowest BCUT2D eigenvalue weighted by atomic mass is 10.2. The van der Waals surface area contributed by atoms with E-state index in [1.54, 1.807) is 6.33 Å². The standard InChI is InChI=1S/C18H18IN3O2.ClH/c1-3-23-16-9-14-15(10-17(16)24-4-2)20-11-21-18(14)22-13-7-5-6-12(19)8-13;/h5-11H,3-4H2,1-2H3,(H,20,21,22);1H. The third-order valence-corrected chi connectivity index (χ3v) is 4.15. The van der Waals surface area contributed by atoms with Crippen LogP contribution in [0.4, 0.5) is 11.5 Å². The number of quaternary nitrogens is 1. The van der Waals surface area contributed by atoms with Gasteiger partial charge in [0.2, 0.25) is 5.82 Å². The van der Waals surface area contributed by atoms with Gasteiger partial charge in [-0.05, 0) is 48.6 Å². The molecule has 0 saturated carbocycles. The number of nitrogens with two attached hydrogens (primary N) is 1. The summed E-state index contributed by atoms with van der Waals surface area (Å²) < 4.78 is 12.6. The summed E-state index contributed by atoms with van der Waals surface area (Å²) in [5, 5.41) is 3.01. The predicted octanol–water partition coefficient (Wildman–Crippen LogP) is 0.562. The van der Waals surface area contributed by atoms with Crippen LogP contribution >= 0.6 is 22.6 Å². The number of nitrogens with zero attached hydrogens (tertiary/aromatic N) is 2. The monoisotopic (exact) mass is 471 g/mol. The van der Waals surface area contributed by atoms with Crippen LogP contribution in [0.25, 0.3) is 10.9 Å². The first-order chi connectivity index (χ1) is 11.7. The SMILES string of the molecule is CCOc1cc2ncnc([NH2+]c3cccc(I)c3)c2cc1OCC.[Cl-]. The van der Waals surface area contributed by atoms with Crippen molar-refractivity contribution in [3.8, 4) is 11.5 Å². The van der Waals surface area contributed by atoms with Gasteiger partial charge in [0, 0.05) is 21.8 Å². The van der Waals surface area contributed by atoms with Crippen LogP contribution in [0, 0.1) is 3.57 Å². The molecule has 0 aliphatic rings. The fourth-order valence-electron chi connectivity index (χ4n) is 2.49. The normalized spacial score (nSPS) is 10.4. The highest BCUT2D eigenvalue weighted by Crippen LogP contribution is 2.33. The van der Waals surface area contributed by atoms with Crippen molar-refractivity contribution < 1.29 is 27.2 Å². The molecule has 3 rings (SSSR count). The van der Waals surface area contributed by atoms with E-state index in [0.29, 0.717) is 19.0 Å². The Morgan fingerprint density at radius 3 is 2.40 bits per heavy atom. The first-order valence-electron chi connectivity index (χ1n) is 7.86. The number of fused-ring (bicyclic) bond motifs is 1. The van der Waals surface area contributed by atoms with Gasteiger partial charge in [0.05, 0.1) is 24.1 Å². The number of benzene rings is 2. The van der Waals surface area contributed by atoms with Crippen molar-refractivity contribution in [3.63, 3.8) is 0 Å². The molecule has 0 spiro atoms. The smallest absolute Gasteiger partial charge is 0.240 e. The molecule has 25 heavy (non-hydrogen) atoms. The van der Waals surface area contributed by atoms with E-state index in [4.69, 9.17) is 9.47 Å². The molecule has 3 aromatic rings. The summed E-state index contributed by atoms with van der Waals surface area (Å²) in [6.07, 6.45) is 1.58. The Hall–Kier alpha value is -1.64. The molecule has 2 aromatic carbocycles. The van der Waals surface area contributed by atoms with Gasteiger partial charge in [0.25, 0.3) is 0 Å². The molecule has 0 unspecified atom stereocenters. The van der Waals surface area contributed by atoms with Gasteiger partial charge in [0.15, 0.2) is 11.5 Å². The molecule has 0 bridgehead atoms. The summed E-state index contributed by atoms with van der Waals surface area (Å²) in [4.78, 5) is 8.82. The van der Waals surface area contributed by atoms with E-state index in [-0.39, 0.29) is 12.4 Å². The fraction of sp³-hybridized carbons (Fsp3) is 0.222. The van der Waals surface area contributed by atoms with E-state index < -0.39 is 0 Å². The first-order valence-corrected chi connectivity index (χ1v) is 8.93. The van der Waals surface area contributed by atoms with Crippen molar-refractivity contribution >= 4 is 45.0 Å². The highest BCUT2D eigenvalue weighted by Gasteiger charge is 2.14. The average Bonchev–Trinajstić information content (AvgIpc) is 2.56. The number of hydrogen-bond acceptors (Lipinski definition) is 4. The first kappa shape index (κ1) is 19.7. The molecular weight excluding hydrogens is 453 g/mol. The Morgan fingerprint density at radius 2 is 1.72 bits per heavy atom. The average molecular weight is 472 g/mol. The van der Waals surface area contributed by atoms with Gasteiger partial charge in [-0.15, -0.1) is 0 Å². The minimum atomic E-state index is 0. The molecule has 0 radical (unpaired) electrons. The van der Waals surface area contributed by atoms with Crippen molar-refractivity contribution in [2.45, 2.75) is 13.8 Å². The highest BCUT2D eigenvalue weighted by atomic mass is 127. The van der Waals surface area contributed by atoms with E-state index in [1.165, 1.54) is 3.57 Å². The predicted molar refractivity (Wildman–Crippen MR) is 102 cm³/mol. The number of aromatic nitrogens is 2. The number of halogens is 2. The van der Waals surface area contributed by atoms with E-state index in [1.807, 2.05) is 32.0 Å². The zero-order valence-electron chi connectivity index (χ0n) is 14.0. The fourth-order valence-corrected chi connectivity index (χ4v) is 3.06. The third-order valence-electron chi connectivity index (χ3n) is 3.48. The summed E-state index contributed by atoms with van der Waals surface area (Å²) in [6, 6.07) is 12.2. The van der Waals surface area contributed by atoms with Crippen LogP contribution in [0.2, 0.25) is 0 Å². The third kappa shape index (κ3) is 4.71. The zero-order chi connectivity index (χ0) is 16.9. The van der Waals surface area contributed by atoms with Crippen molar-refractivity contribution in [1.29, 1.82) is 0 Å². The lowest BCUT2D eigenvalue weighted by molar-refractivity contribution is -0.481. The Kier molecular flexibility index (Phi) is 7.22. The van der Waals surface area contributed by atoms with Crippen LogP contribution in [0.3, 0.4) is 0 Å². The molecule has 5 nitrogen and oxygen atoms in total. The largest absolute Gasteiger partial charge is 1.00 e. The lowest BCUT2D eigenvalue weighted by Crippen LogP contribution is -3.00. The molecule has 0 aliphatic carbocycles. The van der Waals surface area contributed by atoms with Gasteiger partial charge in [-0.25, -0.2) is 4.98 Å². The number of rotatable bonds is 6. The summed E-state index contributed by atoms with van der Waals surface area (Å²) in [5.41, 5.74) is 1.95. The molecule has 2 N–H and O–H groups in total. The Bertz CT molecular complexity index is 861. The highest BCUT2D eigenvalue weighted by molar-refractivity contribution is 14.1. The number of hydrogen-bond donors (Lipinski definition) is 1. The second kappa shape index (κ2) is 9.17. The lowest BCUT2D eigenvalue weighted by Gasteiger charge is -2.12. The van der Waals surface area contributed by atoms with Gasteiger partial charge in [0.1, 0.15) is 12.0 Å². The van der Waals surface area contributed by atoms with Crippen LogP contribution in [0.1, 0.15) is 13.8 Å². The van der Waals surface area contributed by atoms with Gasteiger partial charge >= 0.3 is 0 Å². The quantitative estimate of drug-likeness (QED) is 0.422. The van der Waals surface area contributed by atoms with Crippen molar-refractivity contribution in [2.75, 3.05) is 13.2 Å². The second-order valence-electron chi connectivity index (χ2n) is 5.14. The van der Waals surface area contributed by atoms with Crippen LogP contribution in [0.5, 0.6) is 11.5 Å². The van der Waals surface area contributed by atoms with Crippen LogP contribution in [0.15, 0.2) is 42.7 Å². The summed E-state index contributed by atoms with van der Waals surface area (Å²) >= 11 is 2.31. The van der Waals surface area contributed by atoms with Crippen molar-refractivity contribution in [1.82, 2.24) is 9.97 Å². The van der Waals surface area contributed by atoms with Crippen LogP contribution < -0.4 is 27.2 Å².